The second-order valence-electron chi connectivity index (χ2n) is 7.92. The lowest BCUT2D eigenvalue weighted by molar-refractivity contribution is 0.327. The van der Waals surface area contributed by atoms with E-state index in [-0.39, 0.29) is 0 Å². The van der Waals surface area contributed by atoms with Crippen LogP contribution in [0.1, 0.15) is 91.9 Å². The minimum atomic E-state index is 0.917. The average molecular weight is 396 g/mol. The van der Waals surface area contributed by atoms with Crippen LogP contribution in [-0.2, 0) is 0 Å². The van der Waals surface area contributed by atoms with Crippen LogP contribution in [0.2, 0.25) is 0 Å². The summed E-state index contributed by atoms with van der Waals surface area (Å²) in [6.45, 7) is 14.8. The van der Waals surface area contributed by atoms with Crippen molar-refractivity contribution in [3.63, 3.8) is 0 Å². The van der Waals surface area contributed by atoms with Crippen LogP contribution in [0.25, 0.3) is 0 Å². The number of aliphatic imine (C=N–C) groups is 2. The third-order valence-electron chi connectivity index (χ3n) is 4.92. The monoisotopic (exact) mass is 395 g/mol. The Morgan fingerprint density at radius 2 is 1.14 bits per heavy atom. The van der Waals surface area contributed by atoms with Gasteiger partial charge in [0, 0.05) is 26.2 Å². The van der Waals surface area contributed by atoms with Gasteiger partial charge in [0.15, 0.2) is 0 Å². The molecule has 0 heterocycles. The zero-order valence-corrected chi connectivity index (χ0v) is 19.7. The molecule has 0 radical (unpaired) electrons. The highest BCUT2D eigenvalue weighted by Gasteiger charge is 1.99. The van der Waals surface area contributed by atoms with E-state index in [1.54, 1.807) is 0 Å². The maximum Gasteiger partial charge on any atom is 0.0931 e. The summed E-state index contributed by atoms with van der Waals surface area (Å²) in [5.41, 5.74) is 0. The summed E-state index contributed by atoms with van der Waals surface area (Å²) in [7, 11) is 2.21. The van der Waals surface area contributed by atoms with Gasteiger partial charge in [-0.1, -0.05) is 52.4 Å². The Bertz CT molecular complexity index is 392. The first-order chi connectivity index (χ1) is 13.6. The van der Waals surface area contributed by atoms with Crippen LogP contribution in [0.15, 0.2) is 9.98 Å². The molecule has 2 N–H and O–H groups in total. The minimum Gasteiger partial charge on any atom is -0.374 e. The molecule has 0 fully saturated rings. The molecule has 0 saturated heterocycles. The number of rotatable bonds is 18. The van der Waals surface area contributed by atoms with Gasteiger partial charge in [0.05, 0.1) is 11.7 Å². The largest absolute Gasteiger partial charge is 0.374 e. The number of hydrogen-bond donors (Lipinski definition) is 2. The lowest BCUT2D eigenvalue weighted by Gasteiger charge is -2.16. The van der Waals surface area contributed by atoms with Gasteiger partial charge in [0.25, 0.3) is 0 Å². The van der Waals surface area contributed by atoms with Crippen molar-refractivity contribution in [3.8, 4) is 0 Å². The van der Waals surface area contributed by atoms with Crippen molar-refractivity contribution in [2.45, 2.75) is 91.9 Å². The van der Waals surface area contributed by atoms with Crippen molar-refractivity contribution in [1.29, 1.82) is 0 Å². The third kappa shape index (κ3) is 19.7. The number of amidine groups is 2. The van der Waals surface area contributed by atoms with Crippen molar-refractivity contribution in [3.05, 3.63) is 0 Å². The Balaban J connectivity index is 3.57. The van der Waals surface area contributed by atoms with E-state index < -0.39 is 0 Å². The first kappa shape index (κ1) is 26.9. The van der Waals surface area contributed by atoms with Crippen LogP contribution >= 0.6 is 0 Å². The summed E-state index contributed by atoms with van der Waals surface area (Å²) in [6.07, 6.45) is 12.6. The molecule has 0 unspecified atom stereocenters. The van der Waals surface area contributed by atoms with Gasteiger partial charge in [-0.3, -0.25) is 9.98 Å². The molecule has 0 aromatic carbocycles. The topological polar surface area (TPSA) is 52.0 Å². The quantitative estimate of drug-likeness (QED) is 0.198. The molecule has 0 spiro atoms. The summed E-state index contributed by atoms with van der Waals surface area (Å²) < 4.78 is 0. The fourth-order valence-electron chi connectivity index (χ4n) is 3.04. The van der Waals surface area contributed by atoms with Crippen molar-refractivity contribution < 1.29 is 0 Å². The number of hydrogen-bond acceptors (Lipinski definition) is 3. The first-order valence-corrected chi connectivity index (χ1v) is 11.8. The number of unbranched alkanes of at least 4 members (excludes halogenated alkanes) is 6. The third-order valence-corrected chi connectivity index (χ3v) is 4.92. The van der Waals surface area contributed by atoms with Gasteiger partial charge in [-0.25, -0.2) is 0 Å². The lowest BCUT2D eigenvalue weighted by atomic mass is 10.2. The number of nitrogens with zero attached hydrogens (tertiary/aromatic N) is 3. The zero-order chi connectivity index (χ0) is 20.9. The minimum absolute atomic E-state index is 0.917. The summed E-state index contributed by atoms with van der Waals surface area (Å²) in [5, 5.41) is 6.86. The fourth-order valence-corrected chi connectivity index (χ4v) is 3.04. The van der Waals surface area contributed by atoms with Gasteiger partial charge in [-0.15, -0.1) is 0 Å². The molecule has 0 atom stereocenters. The summed E-state index contributed by atoms with van der Waals surface area (Å²) in [4.78, 5) is 11.6. The Kier molecular flexibility index (Phi) is 19.8. The molecule has 0 bridgehead atoms. The molecule has 0 amide bonds. The molecule has 166 valence electrons. The second-order valence-corrected chi connectivity index (χ2v) is 7.92. The smallest absolute Gasteiger partial charge is 0.0931 e. The molecule has 28 heavy (non-hydrogen) atoms. The molecule has 5 nitrogen and oxygen atoms in total. The van der Waals surface area contributed by atoms with Gasteiger partial charge in [-0.05, 0) is 59.7 Å². The number of nitrogens with one attached hydrogen (secondary N) is 2. The standard InChI is InChI=1S/C23H49N5/c1-6-8-10-12-16-24-22(3)26-18-14-20-28(5)21-15-19-27-23(4)25-17-13-11-9-7-2/h6-21H2,1-5H3,(H,24,26)(H,25,27). The molecule has 0 saturated carbocycles. The summed E-state index contributed by atoms with van der Waals surface area (Å²) in [6, 6.07) is 0. The van der Waals surface area contributed by atoms with Crippen LogP contribution in [0, 0.1) is 0 Å². The normalized spacial score (nSPS) is 12.6. The van der Waals surface area contributed by atoms with Crippen molar-refractivity contribution in [2.24, 2.45) is 9.98 Å². The van der Waals surface area contributed by atoms with Crippen LogP contribution in [-0.4, -0.2) is 62.9 Å². The maximum absolute atomic E-state index is 4.63. The Morgan fingerprint density at radius 3 is 1.75 bits per heavy atom. The van der Waals surface area contributed by atoms with E-state index in [1.165, 1.54) is 51.4 Å². The zero-order valence-electron chi connectivity index (χ0n) is 19.7. The Labute approximate surface area is 175 Å². The molecule has 0 aliphatic heterocycles. The summed E-state index contributed by atoms with van der Waals surface area (Å²) >= 11 is 0. The van der Waals surface area contributed by atoms with E-state index in [4.69, 9.17) is 0 Å². The average Bonchev–Trinajstić information content (AvgIpc) is 2.68. The highest BCUT2D eigenvalue weighted by Crippen LogP contribution is 1.99. The van der Waals surface area contributed by atoms with Crippen LogP contribution in [0.3, 0.4) is 0 Å². The summed E-state index contributed by atoms with van der Waals surface area (Å²) in [5.74, 6) is 2.18. The fraction of sp³-hybridized carbons (Fsp3) is 0.913. The lowest BCUT2D eigenvalue weighted by Crippen LogP contribution is -2.28. The van der Waals surface area contributed by atoms with E-state index in [0.29, 0.717) is 0 Å². The molecular formula is C23H49N5. The van der Waals surface area contributed by atoms with Gasteiger partial charge in [-0.2, -0.15) is 0 Å². The highest BCUT2D eigenvalue weighted by atomic mass is 15.1. The Hall–Kier alpha value is -1.10. The van der Waals surface area contributed by atoms with Gasteiger partial charge >= 0.3 is 0 Å². The highest BCUT2D eigenvalue weighted by molar-refractivity contribution is 5.79. The first-order valence-electron chi connectivity index (χ1n) is 11.8. The van der Waals surface area contributed by atoms with Gasteiger partial charge in [0.1, 0.15) is 0 Å². The van der Waals surface area contributed by atoms with E-state index in [9.17, 15) is 0 Å². The second kappa shape index (κ2) is 20.6. The van der Waals surface area contributed by atoms with Crippen molar-refractivity contribution in [2.75, 3.05) is 46.3 Å². The van der Waals surface area contributed by atoms with E-state index in [2.05, 4.69) is 60.3 Å². The van der Waals surface area contributed by atoms with Crippen molar-refractivity contribution >= 4 is 11.7 Å². The molecule has 5 heteroatoms. The Morgan fingerprint density at radius 1 is 0.643 bits per heavy atom. The SMILES string of the molecule is CCCCCCN=C(C)NCCCN(C)CCCN=C(C)NCCCCCC. The predicted octanol–water partition coefficient (Wildman–Crippen LogP) is 4.88. The molecule has 0 aliphatic rings. The molecule has 0 aromatic heterocycles. The van der Waals surface area contributed by atoms with Crippen LogP contribution < -0.4 is 10.6 Å². The van der Waals surface area contributed by atoms with E-state index >= 15 is 0 Å². The van der Waals surface area contributed by atoms with E-state index in [0.717, 1.165) is 63.8 Å². The van der Waals surface area contributed by atoms with Gasteiger partial charge in [0.2, 0.25) is 0 Å². The van der Waals surface area contributed by atoms with Gasteiger partial charge < -0.3 is 15.5 Å². The molecule has 0 aromatic rings. The molecule has 0 rings (SSSR count). The van der Waals surface area contributed by atoms with Crippen LogP contribution in [0.4, 0.5) is 0 Å². The predicted molar refractivity (Wildman–Crippen MR) is 127 cm³/mol. The maximum atomic E-state index is 4.63. The molecular weight excluding hydrogens is 346 g/mol. The van der Waals surface area contributed by atoms with Crippen molar-refractivity contribution in [1.82, 2.24) is 15.5 Å². The van der Waals surface area contributed by atoms with E-state index in [1.807, 2.05) is 0 Å². The molecule has 0 aliphatic carbocycles. The van der Waals surface area contributed by atoms with Crippen LogP contribution in [0.5, 0.6) is 0 Å².